The van der Waals surface area contributed by atoms with Crippen LogP contribution in [0.5, 0.6) is 5.75 Å². The number of hydrogen-bond acceptors (Lipinski definition) is 2. The molecule has 0 radical (unpaired) electrons. The van der Waals surface area contributed by atoms with Crippen molar-refractivity contribution in [2.45, 2.75) is 32.5 Å². The van der Waals surface area contributed by atoms with Crippen molar-refractivity contribution in [2.24, 2.45) is 5.92 Å². The van der Waals surface area contributed by atoms with Crippen LogP contribution in [0.15, 0.2) is 24.3 Å². The molecule has 0 aliphatic carbocycles. The Morgan fingerprint density at radius 2 is 1.89 bits per heavy atom. The summed E-state index contributed by atoms with van der Waals surface area (Å²) in [7, 11) is 0. The smallest absolute Gasteiger partial charge is 0.481 e. The minimum Gasteiger partial charge on any atom is -0.481 e. The summed E-state index contributed by atoms with van der Waals surface area (Å²) in [4.78, 5) is 10.5. The van der Waals surface area contributed by atoms with Gasteiger partial charge in [-0.1, -0.05) is 19.1 Å². The first-order valence-corrected chi connectivity index (χ1v) is 5.83. The largest absolute Gasteiger partial charge is 0.573 e. The molecule has 19 heavy (non-hydrogen) atoms. The molecule has 0 spiro atoms. The third-order valence-electron chi connectivity index (χ3n) is 2.61. The van der Waals surface area contributed by atoms with E-state index in [2.05, 4.69) is 4.74 Å². The fraction of sp³-hybridized carbons (Fsp3) is 0.462. The van der Waals surface area contributed by atoms with Gasteiger partial charge in [-0.3, -0.25) is 4.79 Å². The first-order chi connectivity index (χ1) is 8.76. The maximum atomic E-state index is 11.9. The minimum atomic E-state index is -4.68. The first kappa shape index (κ1) is 15.3. The van der Waals surface area contributed by atoms with Crippen molar-refractivity contribution in [2.75, 3.05) is 0 Å². The Balaban J connectivity index is 2.46. The van der Waals surface area contributed by atoms with Gasteiger partial charge in [0.2, 0.25) is 0 Å². The second kappa shape index (κ2) is 6.45. The van der Waals surface area contributed by atoms with Crippen molar-refractivity contribution in [3.63, 3.8) is 0 Å². The van der Waals surface area contributed by atoms with Crippen LogP contribution in [0.4, 0.5) is 13.2 Å². The average Bonchev–Trinajstić information content (AvgIpc) is 2.25. The van der Waals surface area contributed by atoms with Gasteiger partial charge >= 0.3 is 12.3 Å². The molecule has 0 aliphatic heterocycles. The summed E-state index contributed by atoms with van der Waals surface area (Å²) < 4.78 is 39.6. The lowest BCUT2D eigenvalue weighted by Crippen LogP contribution is -2.17. The van der Waals surface area contributed by atoms with E-state index < -0.39 is 12.3 Å². The summed E-state index contributed by atoms with van der Waals surface area (Å²) in [5, 5.41) is 8.60. The molecule has 1 aromatic carbocycles. The fourth-order valence-corrected chi connectivity index (χ4v) is 1.67. The summed E-state index contributed by atoms with van der Waals surface area (Å²) in [6, 6.07) is 5.61. The molecule has 1 rings (SSSR count). The molecule has 1 N–H and O–H groups in total. The lowest BCUT2D eigenvalue weighted by Gasteiger charge is -2.10. The maximum Gasteiger partial charge on any atom is 0.573 e. The van der Waals surface area contributed by atoms with E-state index >= 15 is 0 Å². The molecule has 0 heterocycles. The topological polar surface area (TPSA) is 46.5 Å². The van der Waals surface area contributed by atoms with Crippen LogP contribution in [0.2, 0.25) is 0 Å². The quantitative estimate of drug-likeness (QED) is 0.863. The number of halogens is 3. The van der Waals surface area contributed by atoms with Gasteiger partial charge in [0.1, 0.15) is 5.75 Å². The van der Waals surface area contributed by atoms with Crippen molar-refractivity contribution in [3.8, 4) is 5.75 Å². The van der Waals surface area contributed by atoms with Crippen molar-refractivity contribution < 1.29 is 27.8 Å². The molecule has 0 fully saturated rings. The summed E-state index contributed by atoms with van der Waals surface area (Å²) >= 11 is 0. The molecule has 0 aromatic heterocycles. The zero-order valence-corrected chi connectivity index (χ0v) is 10.4. The number of carboxylic acids is 1. The SMILES string of the molecule is CC(CCc1ccc(OC(F)(F)F)cc1)CC(=O)O. The first-order valence-electron chi connectivity index (χ1n) is 5.83. The van der Waals surface area contributed by atoms with Gasteiger partial charge in [0.15, 0.2) is 0 Å². The van der Waals surface area contributed by atoms with Crippen molar-refractivity contribution in [1.29, 1.82) is 0 Å². The molecule has 1 unspecified atom stereocenters. The number of carboxylic acid groups (broad SMARTS) is 1. The second-order valence-electron chi connectivity index (χ2n) is 4.43. The number of alkyl halides is 3. The number of rotatable bonds is 6. The van der Waals surface area contributed by atoms with Crippen LogP contribution < -0.4 is 4.74 Å². The predicted octanol–water partition coefficient (Wildman–Crippen LogP) is 3.63. The lowest BCUT2D eigenvalue weighted by atomic mass is 9.98. The van der Waals surface area contributed by atoms with E-state index in [0.29, 0.717) is 12.8 Å². The molecule has 3 nitrogen and oxygen atoms in total. The van der Waals surface area contributed by atoms with E-state index in [4.69, 9.17) is 5.11 Å². The third-order valence-corrected chi connectivity index (χ3v) is 2.61. The highest BCUT2D eigenvalue weighted by Crippen LogP contribution is 2.23. The highest BCUT2D eigenvalue weighted by molar-refractivity contribution is 5.66. The van der Waals surface area contributed by atoms with Gasteiger partial charge < -0.3 is 9.84 Å². The number of carbonyl (C=O) groups is 1. The van der Waals surface area contributed by atoms with Crippen LogP contribution >= 0.6 is 0 Å². The normalized spacial score (nSPS) is 13.1. The second-order valence-corrected chi connectivity index (χ2v) is 4.43. The highest BCUT2D eigenvalue weighted by atomic mass is 19.4. The molecular weight excluding hydrogens is 261 g/mol. The number of ether oxygens (including phenoxy) is 1. The maximum absolute atomic E-state index is 11.9. The molecule has 106 valence electrons. The molecule has 6 heteroatoms. The monoisotopic (exact) mass is 276 g/mol. The Bertz CT molecular complexity index is 412. The lowest BCUT2D eigenvalue weighted by molar-refractivity contribution is -0.274. The van der Waals surface area contributed by atoms with Gasteiger partial charge in [0, 0.05) is 6.42 Å². The number of aliphatic carboxylic acids is 1. The van der Waals surface area contributed by atoms with Gasteiger partial charge in [0.05, 0.1) is 0 Å². The molecule has 0 amide bonds. The van der Waals surface area contributed by atoms with Crippen molar-refractivity contribution >= 4 is 5.97 Å². The van der Waals surface area contributed by atoms with E-state index in [1.54, 1.807) is 12.1 Å². The predicted molar refractivity (Wildman–Crippen MR) is 62.9 cm³/mol. The van der Waals surface area contributed by atoms with Gasteiger partial charge in [-0.15, -0.1) is 13.2 Å². The van der Waals surface area contributed by atoms with E-state index in [9.17, 15) is 18.0 Å². The number of aryl methyl sites for hydroxylation is 1. The van der Waals surface area contributed by atoms with Gasteiger partial charge in [-0.2, -0.15) is 0 Å². The molecule has 0 bridgehead atoms. The Hall–Kier alpha value is -1.72. The molecular formula is C13H15F3O3. The van der Waals surface area contributed by atoms with E-state index in [-0.39, 0.29) is 18.1 Å². The minimum absolute atomic E-state index is 0.0311. The Morgan fingerprint density at radius 1 is 1.32 bits per heavy atom. The summed E-state index contributed by atoms with van der Waals surface area (Å²) in [5.41, 5.74) is 0.853. The third kappa shape index (κ3) is 6.69. The summed E-state index contributed by atoms with van der Waals surface area (Å²) in [6.45, 7) is 1.83. The Morgan fingerprint density at radius 3 is 2.37 bits per heavy atom. The molecule has 0 aliphatic rings. The molecule has 1 atom stereocenters. The van der Waals surface area contributed by atoms with Gasteiger partial charge in [0.25, 0.3) is 0 Å². The number of benzene rings is 1. The van der Waals surface area contributed by atoms with Gasteiger partial charge in [-0.25, -0.2) is 0 Å². The van der Waals surface area contributed by atoms with Crippen LogP contribution in [0.25, 0.3) is 0 Å². The zero-order chi connectivity index (χ0) is 14.5. The molecule has 0 saturated heterocycles. The van der Waals surface area contributed by atoms with Gasteiger partial charge in [-0.05, 0) is 36.5 Å². The van der Waals surface area contributed by atoms with Crippen LogP contribution in [-0.4, -0.2) is 17.4 Å². The summed E-state index contributed by atoms with van der Waals surface area (Å²) in [5.74, 6) is -1.07. The van der Waals surface area contributed by atoms with Crippen LogP contribution in [0.3, 0.4) is 0 Å². The molecule has 0 saturated carbocycles. The van der Waals surface area contributed by atoms with Crippen molar-refractivity contribution in [3.05, 3.63) is 29.8 Å². The van der Waals surface area contributed by atoms with E-state index in [1.165, 1.54) is 12.1 Å². The van der Waals surface area contributed by atoms with Crippen LogP contribution in [0, 0.1) is 5.92 Å². The Labute approximate surface area is 109 Å². The zero-order valence-electron chi connectivity index (χ0n) is 10.4. The summed E-state index contributed by atoms with van der Waals surface area (Å²) in [6.07, 6.45) is -3.29. The highest BCUT2D eigenvalue weighted by Gasteiger charge is 2.30. The number of hydrogen-bond donors (Lipinski definition) is 1. The Kier molecular flexibility index (Phi) is 5.20. The standard InChI is InChI=1S/C13H15F3O3/c1-9(8-12(17)18)2-3-10-4-6-11(7-5-10)19-13(14,15)16/h4-7,9H,2-3,8H2,1H3,(H,17,18). The van der Waals surface area contributed by atoms with Crippen LogP contribution in [0.1, 0.15) is 25.3 Å². The van der Waals surface area contributed by atoms with E-state index in [0.717, 1.165) is 5.56 Å². The fourth-order valence-electron chi connectivity index (χ4n) is 1.67. The van der Waals surface area contributed by atoms with Crippen molar-refractivity contribution in [1.82, 2.24) is 0 Å². The van der Waals surface area contributed by atoms with Crippen LogP contribution in [-0.2, 0) is 11.2 Å². The molecule has 1 aromatic rings. The average molecular weight is 276 g/mol. The van der Waals surface area contributed by atoms with E-state index in [1.807, 2.05) is 6.92 Å².